The van der Waals surface area contributed by atoms with E-state index in [4.69, 9.17) is 0 Å². The molecule has 1 saturated heterocycles. The highest BCUT2D eigenvalue weighted by Crippen LogP contribution is 2.52. The van der Waals surface area contributed by atoms with Crippen LogP contribution in [-0.4, -0.2) is 22.4 Å². The Balaban J connectivity index is 1.96. The van der Waals surface area contributed by atoms with Gasteiger partial charge in [-0.3, -0.25) is 4.98 Å². The number of nitrogens with one attached hydrogen (secondary N) is 3. The fraction of sp³-hybridized carbons (Fsp3) is 0.222. The molecular formula is C18H19N5O2Si. The van der Waals surface area contributed by atoms with Crippen molar-refractivity contribution in [1.29, 1.82) is 0 Å². The summed E-state index contributed by atoms with van der Waals surface area (Å²) < 4.78 is 3.17. The molecule has 132 valence electrons. The molecule has 5 rings (SSSR count). The zero-order valence-electron chi connectivity index (χ0n) is 14.5. The highest BCUT2D eigenvalue weighted by molar-refractivity contribution is 6.83. The van der Waals surface area contributed by atoms with Gasteiger partial charge in [-0.1, -0.05) is 73.8 Å². The van der Waals surface area contributed by atoms with E-state index in [0.717, 1.165) is 11.1 Å². The van der Waals surface area contributed by atoms with Gasteiger partial charge in [0.2, 0.25) is 0 Å². The van der Waals surface area contributed by atoms with Crippen LogP contribution in [0.25, 0.3) is 0 Å². The molecule has 0 spiro atoms. The SMILES string of the molecule is C[Si]1(C)[C@]2(c3ccccc3)NN[C@@]1(c1ccccc1)n1c(=O)[nH]c(=O)n12. The third-order valence-electron chi connectivity index (χ3n) is 6.05. The predicted molar refractivity (Wildman–Crippen MR) is 100 cm³/mol. The average molecular weight is 365 g/mol. The second kappa shape index (κ2) is 4.73. The van der Waals surface area contributed by atoms with E-state index in [2.05, 4.69) is 28.9 Å². The molecule has 3 aromatic rings. The lowest BCUT2D eigenvalue weighted by Gasteiger charge is -2.36. The number of hydrazine groups is 1. The van der Waals surface area contributed by atoms with Gasteiger partial charge in [0.25, 0.3) is 0 Å². The van der Waals surface area contributed by atoms with Gasteiger partial charge >= 0.3 is 11.4 Å². The van der Waals surface area contributed by atoms with Gasteiger partial charge in [-0.05, 0) is 11.1 Å². The topological polar surface area (TPSA) is 83.8 Å². The molecule has 2 aromatic carbocycles. The van der Waals surface area contributed by atoms with Gasteiger partial charge in [-0.25, -0.2) is 29.8 Å². The number of hydrogen-bond donors (Lipinski definition) is 3. The Morgan fingerprint density at radius 1 is 0.731 bits per heavy atom. The van der Waals surface area contributed by atoms with E-state index in [1.807, 2.05) is 60.7 Å². The summed E-state index contributed by atoms with van der Waals surface area (Å²) in [7, 11) is -2.45. The molecule has 7 nitrogen and oxygen atoms in total. The first-order valence-corrected chi connectivity index (χ1v) is 11.6. The summed E-state index contributed by atoms with van der Waals surface area (Å²) in [6, 6.07) is 19.7. The van der Waals surface area contributed by atoms with Crippen molar-refractivity contribution in [3.63, 3.8) is 0 Å². The molecular weight excluding hydrogens is 346 g/mol. The first kappa shape index (κ1) is 15.6. The van der Waals surface area contributed by atoms with Crippen LogP contribution in [0.15, 0.2) is 70.3 Å². The lowest BCUT2D eigenvalue weighted by Crippen LogP contribution is -2.61. The third-order valence-corrected chi connectivity index (χ3v) is 10.9. The lowest BCUT2D eigenvalue weighted by molar-refractivity contribution is 0.183. The van der Waals surface area contributed by atoms with Crippen LogP contribution >= 0.6 is 0 Å². The van der Waals surface area contributed by atoms with Crippen LogP contribution in [0.4, 0.5) is 0 Å². The highest BCUT2D eigenvalue weighted by atomic mass is 28.3. The predicted octanol–water partition coefficient (Wildman–Crippen LogP) is 0.649. The Bertz CT molecular complexity index is 1030. The molecule has 2 atom stereocenters. The van der Waals surface area contributed by atoms with Crippen LogP contribution in [0.5, 0.6) is 0 Å². The number of aromatic amines is 1. The van der Waals surface area contributed by atoms with Gasteiger partial charge in [0, 0.05) is 0 Å². The van der Waals surface area contributed by atoms with Crippen molar-refractivity contribution in [1.82, 2.24) is 25.2 Å². The maximum Gasteiger partial charge on any atom is 0.346 e. The number of aromatic nitrogens is 3. The van der Waals surface area contributed by atoms with E-state index < -0.39 is 30.0 Å². The highest BCUT2D eigenvalue weighted by Gasteiger charge is 2.75. The van der Waals surface area contributed by atoms with Crippen LogP contribution in [0.3, 0.4) is 0 Å². The molecule has 8 heteroatoms. The second-order valence-electron chi connectivity index (χ2n) is 7.39. The first-order valence-electron chi connectivity index (χ1n) is 8.57. The van der Waals surface area contributed by atoms with Crippen molar-refractivity contribution >= 4 is 8.07 Å². The van der Waals surface area contributed by atoms with Gasteiger partial charge in [-0.2, -0.15) is 0 Å². The van der Waals surface area contributed by atoms with Crippen molar-refractivity contribution in [2.75, 3.05) is 0 Å². The van der Waals surface area contributed by atoms with Crippen LogP contribution in [0.1, 0.15) is 11.1 Å². The van der Waals surface area contributed by atoms with Crippen LogP contribution in [-0.2, 0) is 10.6 Å². The zero-order chi connectivity index (χ0) is 18.2. The largest absolute Gasteiger partial charge is 0.346 e. The monoisotopic (exact) mass is 365 g/mol. The van der Waals surface area contributed by atoms with Crippen LogP contribution in [0.2, 0.25) is 13.1 Å². The lowest BCUT2D eigenvalue weighted by atomic mass is 10.1. The summed E-state index contributed by atoms with van der Waals surface area (Å²) in [5.74, 6) is 0. The maximum atomic E-state index is 12.8. The first-order chi connectivity index (χ1) is 12.5. The van der Waals surface area contributed by atoms with Crippen LogP contribution < -0.4 is 22.2 Å². The Kier molecular flexibility index (Phi) is 2.83. The Hall–Kier alpha value is -2.68. The van der Waals surface area contributed by atoms with Gasteiger partial charge < -0.3 is 0 Å². The average Bonchev–Trinajstić information content (AvgIpc) is 3.16. The summed E-state index contributed by atoms with van der Waals surface area (Å²) in [6.07, 6.45) is 0. The Morgan fingerprint density at radius 3 is 1.50 bits per heavy atom. The van der Waals surface area contributed by atoms with Crippen molar-refractivity contribution < 1.29 is 0 Å². The minimum Gasteiger partial charge on any atom is -0.256 e. The molecule has 2 aliphatic rings. The smallest absolute Gasteiger partial charge is 0.256 e. The summed E-state index contributed by atoms with van der Waals surface area (Å²) in [6.45, 7) is 4.41. The minimum absolute atomic E-state index is 0.397. The second-order valence-corrected chi connectivity index (χ2v) is 12.1. The fourth-order valence-electron chi connectivity index (χ4n) is 4.84. The molecule has 0 saturated carbocycles. The van der Waals surface area contributed by atoms with Crippen LogP contribution in [0, 0.1) is 0 Å². The minimum atomic E-state index is -2.45. The summed E-state index contributed by atoms with van der Waals surface area (Å²) >= 11 is 0. The maximum absolute atomic E-state index is 12.8. The van der Waals surface area contributed by atoms with Gasteiger partial charge in [0.1, 0.15) is 10.6 Å². The van der Waals surface area contributed by atoms with Crippen molar-refractivity contribution in [3.05, 3.63) is 92.8 Å². The van der Waals surface area contributed by atoms with Crippen molar-refractivity contribution in [2.45, 2.75) is 23.7 Å². The van der Waals surface area contributed by atoms with Crippen molar-refractivity contribution in [3.8, 4) is 0 Å². The van der Waals surface area contributed by atoms with E-state index >= 15 is 0 Å². The third kappa shape index (κ3) is 1.43. The van der Waals surface area contributed by atoms with E-state index in [1.54, 1.807) is 9.36 Å². The fourth-order valence-corrected chi connectivity index (χ4v) is 9.36. The Labute approximate surface area is 150 Å². The zero-order valence-corrected chi connectivity index (χ0v) is 15.5. The normalized spacial score (nSPS) is 28.2. The number of rotatable bonds is 2. The molecule has 0 unspecified atom stereocenters. The quantitative estimate of drug-likeness (QED) is 0.582. The summed E-state index contributed by atoms with van der Waals surface area (Å²) in [5.41, 5.74) is 7.98. The molecule has 0 amide bonds. The standard InChI is InChI=1S/C18H19N5O2Si/c1-26(2)17(13-9-5-3-6-10-13)20-21-18(26,14-11-7-4-8-12-14)23-16(25)19-15(24)22(17)23/h3-12,20-21H,1-2H3,(H,19,24,25)/t17-,18+. The molecule has 1 aromatic heterocycles. The molecule has 2 aliphatic heterocycles. The van der Waals surface area contributed by atoms with E-state index in [0.29, 0.717) is 0 Å². The van der Waals surface area contributed by atoms with E-state index in [9.17, 15) is 9.59 Å². The van der Waals surface area contributed by atoms with Gasteiger partial charge in [-0.15, -0.1) is 0 Å². The molecule has 26 heavy (non-hydrogen) atoms. The van der Waals surface area contributed by atoms with E-state index in [-0.39, 0.29) is 0 Å². The van der Waals surface area contributed by atoms with Gasteiger partial charge in [0.05, 0.1) is 0 Å². The van der Waals surface area contributed by atoms with Gasteiger partial charge in [0.15, 0.2) is 8.07 Å². The number of H-pyrrole nitrogens is 1. The Morgan fingerprint density at radius 2 is 1.12 bits per heavy atom. The molecule has 0 aliphatic carbocycles. The van der Waals surface area contributed by atoms with E-state index in [1.165, 1.54) is 0 Å². The molecule has 0 radical (unpaired) electrons. The summed E-state index contributed by atoms with van der Waals surface area (Å²) in [5, 5.41) is -1.55. The number of hydrogen-bond acceptors (Lipinski definition) is 4. The number of nitrogens with zero attached hydrogens (tertiary/aromatic N) is 2. The molecule has 3 N–H and O–H groups in total. The number of benzene rings is 2. The molecule has 2 bridgehead atoms. The molecule has 1 fully saturated rings. The van der Waals surface area contributed by atoms with Crippen molar-refractivity contribution in [2.24, 2.45) is 0 Å². The number of fused-ring (bicyclic) bond motifs is 5. The molecule has 3 heterocycles. The summed E-state index contributed by atoms with van der Waals surface area (Å²) in [4.78, 5) is 28.1.